The molecule has 2 saturated carbocycles. The maximum atomic E-state index is 12.5. The zero-order valence-corrected chi connectivity index (χ0v) is 15.8. The second-order valence-corrected chi connectivity index (χ2v) is 8.83. The van der Waals surface area contributed by atoms with Gasteiger partial charge in [-0.3, -0.25) is 4.68 Å². The summed E-state index contributed by atoms with van der Waals surface area (Å²) in [5.41, 5.74) is 2.45. The molecular weight excluding hydrogens is 350 g/mol. The topological polar surface area (TPSA) is 73.2 Å². The van der Waals surface area contributed by atoms with Gasteiger partial charge in [-0.2, -0.15) is 5.10 Å². The van der Waals surface area contributed by atoms with E-state index in [1.54, 1.807) is 24.3 Å². The average Bonchev–Trinajstić information content (AvgIpc) is 3.54. The minimum absolute atomic E-state index is 0.252. The Morgan fingerprint density at radius 1 is 1.15 bits per heavy atom. The lowest BCUT2D eigenvalue weighted by atomic mass is 10.2. The molecule has 0 atom stereocenters. The summed E-state index contributed by atoms with van der Waals surface area (Å²) in [5, 5.41) is 4.72. The van der Waals surface area contributed by atoms with Crippen molar-refractivity contribution < 1.29 is 13.2 Å². The molecule has 1 aromatic carbocycles. The lowest BCUT2D eigenvalue weighted by Crippen LogP contribution is -2.28. The first-order valence-electron chi connectivity index (χ1n) is 9.37. The molecule has 2 aliphatic carbocycles. The monoisotopic (exact) mass is 375 g/mol. The van der Waals surface area contributed by atoms with E-state index >= 15 is 0 Å². The Hall–Kier alpha value is -1.86. The van der Waals surface area contributed by atoms with Crippen molar-refractivity contribution in [3.63, 3.8) is 0 Å². The summed E-state index contributed by atoms with van der Waals surface area (Å²) < 4.78 is 35.0. The number of nitrogens with one attached hydrogen (secondary N) is 1. The van der Waals surface area contributed by atoms with Crippen molar-refractivity contribution >= 4 is 10.0 Å². The second kappa shape index (κ2) is 7.04. The highest BCUT2D eigenvalue weighted by Crippen LogP contribution is 2.44. The number of sulfonamides is 1. The van der Waals surface area contributed by atoms with Crippen molar-refractivity contribution in [2.45, 2.75) is 55.9 Å². The summed E-state index contributed by atoms with van der Waals surface area (Å²) in [5.74, 6) is 1.90. The lowest BCUT2D eigenvalue weighted by Gasteiger charge is -2.10. The first kappa shape index (κ1) is 17.5. The number of ether oxygens (including phenoxy) is 1. The summed E-state index contributed by atoms with van der Waals surface area (Å²) in [4.78, 5) is 0.252. The molecule has 6 nitrogen and oxygen atoms in total. The lowest BCUT2D eigenvalue weighted by molar-refractivity contribution is 0.340. The first-order valence-corrected chi connectivity index (χ1v) is 10.9. The third-order valence-electron chi connectivity index (χ3n) is 4.88. The van der Waals surface area contributed by atoms with E-state index in [1.165, 1.54) is 37.1 Å². The van der Waals surface area contributed by atoms with Crippen LogP contribution in [0.1, 0.15) is 55.8 Å². The number of hydrogen-bond acceptors (Lipinski definition) is 4. The van der Waals surface area contributed by atoms with Crippen molar-refractivity contribution in [1.82, 2.24) is 14.5 Å². The summed E-state index contributed by atoms with van der Waals surface area (Å²) in [6.45, 7) is 3.35. The molecule has 7 heteroatoms. The quantitative estimate of drug-likeness (QED) is 0.731. The Morgan fingerprint density at radius 3 is 2.46 bits per heavy atom. The van der Waals surface area contributed by atoms with Crippen LogP contribution in [0.5, 0.6) is 5.75 Å². The summed E-state index contributed by atoms with van der Waals surface area (Å²) in [6, 6.07) is 8.73. The zero-order valence-electron chi connectivity index (χ0n) is 15.0. The van der Waals surface area contributed by atoms with Crippen molar-refractivity contribution in [2.75, 3.05) is 13.2 Å². The van der Waals surface area contributed by atoms with Crippen LogP contribution in [-0.2, 0) is 16.6 Å². The highest BCUT2D eigenvalue weighted by atomic mass is 32.2. The van der Waals surface area contributed by atoms with E-state index in [0.717, 1.165) is 0 Å². The van der Waals surface area contributed by atoms with Crippen LogP contribution in [0.15, 0.2) is 35.2 Å². The predicted molar refractivity (Wildman–Crippen MR) is 99.0 cm³/mol. The Balaban J connectivity index is 1.39. The minimum Gasteiger partial charge on any atom is -0.494 e. The fourth-order valence-corrected chi connectivity index (χ4v) is 4.19. The van der Waals surface area contributed by atoms with Crippen molar-refractivity contribution in [2.24, 2.45) is 0 Å². The molecule has 2 fully saturated rings. The Morgan fingerprint density at radius 2 is 1.85 bits per heavy atom. The zero-order chi connectivity index (χ0) is 18.1. The highest BCUT2D eigenvalue weighted by Gasteiger charge is 2.32. The van der Waals surface area contributed by atoms with Crippen LogP contribution in [-0.4, -0.2) is 31.3 Å². The van der Waals surface area contributed by atoms with Gasteiger partial charge in [-0.25, -0.2) is 13.1 Å². The third-order valence-corrected chi connectivity index (χ3v) is 6.36. The first-order chi connectivity index (χ1) is 12.6. The van der Waals surface area contributed by atoms with Gasteiger partial charge in [-0.1, -0.05) is 0 Å². The molecule has 1 heterocycles. The van der Waals surface area contributed by atoms with E-state index in [0.29, 0.717) is 37.3 Å². The molecule has 0 aliphatic heterocycles. The van der Waals surface area contributed by atoms with Crippen molar-refractivity contribution in [3.8, 4) is 5.75 Å². The van der Waals surface area contributed by atoms with E-state index in [9.17, 15) is 8.42 Å². The fourth-order valence-electron chi connectivity index (χ4n) is 3.17. The Bertz CT molecular complexity index is 866. The molecule has 1 N–H and O–H groups in total. The fraction of sp³-hybridized carbons (Fsp3) is 0.526. The van der Waals surface area contributed by atoms with Gasteiger partial charge in [0.15, 0.2) is 0 Å². The Labute approximate surface area is 154 Å². The van der Waals surface area contributed by atoms with Crippen LogP contribution in [0.4, 0.5) is 0 Å². The van der Waals surface area contributed by atoms with Crippen molar-refractivity contribution in [3.05, 3.63) is 41.7 Å². The van der Waals surface area contributed by atoms with Crippen LogP contribution in [0.3, 0.4) is 0 Å². The second-order valence-electron chi connectivity index (χ2n) is 7.07. The van der Waals surface area contributed by atoms with Crippen LogP contribution in [0, 0.1) is 0 Å². The number of nitrogens with zero attached hydrogens (tertiary/aromatic N) is 2. The summed E-state index contributed by atoms with van der Waals surface area (Å²) in [6.07, 6.45) is 4.89. The summed E-state index contributed by atoms with van der Waals surface area (Å²) >= 11 is 0. The maximum absolute atomic E-state index is 12.5. The van der Waals surface area contributed by atoms with Gasteiger partial charge in [-0.05, 0) is 62.9 Å². The van der Waals surface area contributed by atoms with Gasteiger partial charge >= 0.3 is 0 Å². The molecule has 4 rings (SSSR count). The molecule has 0 spiro atoms. The van der Waals surface area contributed by atoms with Crippen LogP contribution >= 0.6 is 0 Å². The van der Waals surface area contributed by atoms with Gasteiger partial charge < -0.3 is 4.74 Å². The van der Waals surface area contributed by atoms with E-state index in [4.69, 9.17) is 9.84 Å². The van der Waals surface area contributed by atoms with Gasteiger partial charge in [-0.15, -0.1) is 0 Å². The van der Waals surface area contributed by atoms with Gasteiger partial charge in [0.25, 0.3) is 0 Å². The van der Waals surface area contributed by atoms with Crippen LogP contribution in [0.25, 0.3) is 0 Å². The molecule has 26 heavy (non-hydrogen) atoms. The van der Waals surface area contributed by atoms with E-state index in [1.807, 2.05) is 11.6 Å². The highest BCUT2D eigenvalue weighted by molar-refractivity contribution is 7.89. The molecule has 0 radical (unpaired) electrons. The number of rotatable bonds is 9. The number of hydrogen-bond donors (Lipinski definition) is 1. The van der Waals surface area contributed by atoms with Crippen LogP contribution < -0.4 is 9.46 Å². The molecule has 0 bridgehead atoms. The van der Waals surface area contributed by atoms with Crippen molar-refractivity contribution in [1.29, 1.82) is 0 Å². The number of benzene rings is 1. The standard InChI is InChI=1S/C19H25N3O3S/c1-2-25-16-7-9-17(10-8-16)26(23,24)20-11-12-22-19(15-5-6-15)13-18(21-22)14-3-4-14/h7-10,13-15,20H,2-6,11-12H2,1H3. The summed E-state index contributed by atoms with van der Waals surface area (Å²) in [7, 11) is -3.52. The predicted octanol–water partition coefficient (Wildman–Crippen LogP) is 3.02. The molecule has 0 amide bonds. The van der Waals surface area contributed by atoms with E-state index in [-0.39, 0.29) is 4.90 Å². The normalized spacial score (nSPS) is 17.4. The molecule has 0 unspecified atom stereocenters. The smallest absolute Gasteiger partial charge is 0.240 e. The van der Waals surface area contributed by atoms with Gasteiger partial charge in [0.2, 0.25) is 10.0 Å². The molecule has 1 aromatic heterocycles. The van der Waals surface area contributed by atoms with E-state index < -0.39 is 10.0 Å². The van der Waals surface area contributed by atoms with Gasteiger partial charge in [0, 0.05) is 24.1 Å². The maximum Gasteiger partial charge on any atom is 0.240 e. The van der Waals surface area contributed by atoms with Crippen LogP contribution in [0.2, 0.25) is 0 Å². The number of aromatic nitrogens is 2. The average molecular weight is 375 g/mol. The molecule has 140 valence electrons. The van der Waals surface area contributed by atoms with E-state index in [2.05, 4.69) is 10.8 Å². The SMILES string of the molecule is CCOc1ccc(S(=O)(=O)NCCn2nc(C3CC3)cc2C2CC2)cc1. The third kappa shape index (κ3) is 3.94. The largest absolute Gasteiger partial charge is 0.494 e. The van der Waals surface area contributed by atoms with Gasteiger partial charge in [0.1, 0.15) is 5.75 Å². The minimum atomic E-state index is -3.52. The molecule has 2 aromatic rings. The molecule has 0 saturated heterocycles. The molecular formula is C19H25N3O3S. The van der Waals surface area contributed by atoms with Gasteiger partial charge in [0.05, 0.1) is 23.7 Å². The Kier molecular flexibility index (Phi) is 4.75. The molecule has 2 aliphatic rings.